The van der Waals surface area contributed by atoms with Crippen LogP contribution < -0.4 is 10.5 Å². The molecule has 1 unspecified atom stereocenters. The van der Waals surface area contributed by atoms with Crippen molar-refractivity contribution in [2.45, 2.75) is 39.2 Å². The predicted molar refractivity (Wildman–Crippen MR) is 113 cm³/mol. The number of ether oxygens (including phenoxy) is 2. The van der Waals surface area contributed by atoms with E-state index in [4.69, 9.17) is 15.2 Å². The molecular formula is C23H29N3O3. The third kappa shape index (κ3) is 3.81. The van der Waals surface area contributed by atoms with E-state index in [0.29, 0.717) is 23.2 Å². The predicted octanol–water partition coefficient (Wildman–Crippen LogP) is 3.68. The molecule has 2 aromatic rings. The van der Waals surface area contributed by atoms with Gasteiger partial charge in [-0.25, -0.2) is 4.98 Å². The molecule has 2 aliphatic rings. The zero-order valence-electron chi connectivity index (χ0n) is 17.4. The van der Waals surface area contributed by atoms with Crippen molar-refractivity contribution in [2.75, 3.05) is 32.5 Å². The van der Waals surface area contributed by atoms with E-state index >= 15 is 0 Å². The van der Waals surface area contributed by atoms with E-state index in [1.807, 2.05) is 42.2 Å². The van der Waals surface area contributed by atoms with E-state index < -0.39 is 0 Å². The Kier molecular flexibility index (Phi) is 5.21. The number of hydrogen-bond donors (Lipinski definition) is 1. The van der Waals surface area contributed by atoms with Crippen LogP contribution in [0.3, 0.4) is 0 Å². The van der Waals surface area contributed by atoms with E-state index in [9.17, 15) is 4.79 Å². The monoisotopic (exact) mass is 395 g/mol. The fourth-order valence-electron chi connectivity index (χ4n) is 4.60. The van der Waals surface area contributed by atoms with E-state index in [2.05, 4.69) is 11.9 Å². The van der Waals surface area contributed by atoms with E-state index in [0.717, 1.165) is 55.8 Å². The van der Waals surface area contributed by atoms with Crippen LogP contribution in [0.4, 0.5) is 5.82 Å². The van der Waals surface area contributed by atoms with Gasteiger partial charge in [0.2, 0.25) is 0 Å². The molecule has 0 radical (unpaired) electrons. The molecule has 6 heteroatoms. The van der Waals surface area contributed by atoms with Crippen LogP contribution in [0.25, 0.3) is 11.1 Å². The summed E-state index contributed by atoms with van der Waals surface area (Å²) in [6.07, 6.45) is 3.49. The first-order valence-electron chi connectivity index (χ1n) is 10.2. The Morgan fingerprint density at radius 2 is 1.97 bits per heavy atom. The average molecular weight is 396 g/mol. The molecule has 2 aliphatic heterocycles. The van der Waals surface area contributed by atoms with Gasteiger partial charge in [-0.3, -0.25) is 4.79 Å². The van der Waals surface area contributed by atoms with Gasteiger partial charge in [-0.1, -0.05) is 12.1 Å². The molecule has 2 fully saturated rings. The van der Waals surface area contributed by atoms with Gasteiger partial charge in [0.05, 0.1) is 25.5 Å². The molecule has 2 N–H and O–H groups in total. The van der Waals surface area contributed by atoms with Gasteiger partial charge in [0.25, 0.3) is 5.91 Å². The van der Waals surface area contributed by atoms with Crippen molar-refractivity contribution in [2.24, 2.45) is 5.41 Å². The van der Waals surface area contributed by atoms with E-state index in [-0.39, 0.29) is 11.3 Å². The second kappa shape index (κ2) is 7.67. The maximum Gasteiger partial charge on any atom is 0.253 e. The lowest BCUT2D eigenvalue weighted by Gasteiger charge is -2.38. The number of benzene rings is 1. The molecule has 4 rings (SSSR count). The molecule has 29 heavy (non-hydrogen) atoms. The van der Waals surface area contributed by atoms with Gasteiger partial charge in [0.1, 0.15) is 11.6 Å². The maximum atomic E-state index is 13.0. The van der Waals surface area contributed by atoms with Crippen molar-refractivity contribution < 1.29 is 14.3 Å². The van der Waals surface area contributed by atoms with Crippen LogP contribution in [0.2, 0.25) is 0 Å². The molecular weight excluding hydrogens is 366 g/mol. The Morgan fingerprint density at radius 3 is 2.55 bits per heavy atom. The fraction of sp³-hybridized carbons (Fsp3) is 0.478. The zero-order chi connectivity index (χ0) is 20.6. The molecule has 6 nitrogen and oxygen atoms in total. The summed E-state index contributed by atoms with van der Waals surface area (Å²) in [6, 6.07) is 9.48. The summed E-state index contributed by atoms with van der Waals surface area (Å²) in [5.41, 5.74) is 9.56. The minimum atomic E-state index is 0.0888. The molecule has 0 aliphatic carbocycles. The molecule has 0 saturated carbocycles. The quantitative estimate of drug-likeness (QED) is 0.858. The van der Waals surface area contributed by atoms with Crippen molar-refractivity contribution in [3.8, 4) is 16.9 Å². The Hall–Kier alpha value is -2.60. The smallest absolute Gasteiger partial charge is 0.253 e. The van der Waals surface area contributed by atoms with Crippen LogP contribution >= 0.6 is 0 Å². The minimum absolute atomic E-state index is 0.0888. The van der Waals surface area contributed by atoms with Gasteiger partial charge in [0.15, 0.2) is 0 Å². The summed E-state index contributed by atoms with van der Waals surface area (Å²) in [4.78, 5) is 19.3. The summed E-state index contributed by atoms with van der Waals surface area (Å²) < 4.78 is 11.1. The Morgan fingerprint density at radius 1 is 1.28 bits per heavy atom. The number of piperidine rings is 1. The molecule has 0 bridgehead atoms. The van der Waals surface area contributed by atoms with Crippen molar-refractivity contribution in [3.63, 3.8) is 0 Å². The number of nitrogen functional groups attached to an aromatic ring is 1. The number of methoxy groups -OCH3 is 1. The van der Waals surface area contributed by atoms with E-state index in [1.165, 1.54) is 0 Å². The van der Waals surface area contributed by atoms with Gasteiger partial charge in [-0.2, -0.15) is 0 Å². The van der Waals surface area contributed by atoms with Gasteiger partial charge in [-0.05, 0) is 62.3 Å². The van der Waals surface area contributed by atoms with Gasteiger partial charge >= 0.3 is 0 Å². The lowest BCUT2D eigenvalue weighted by atomic mass is 9.77. The van der Waals surface area contributed by atoms with E-state index in [1.54, 1.807) is 7.11 Å². The van der Waals surface area contributed by atoms with Gasteiger partial charge < -0.3 is 20.1 Å². The van der Waals surface area contributed by atoms with Crippen molar-refractivity contribution in [1.29, 1.82) is 0 Å². The number of amides is 1. The summed E-state index contributed by atoms with van der Waals surface area (Å²) in [6.45, 7) is 6.42. The molecule has 154 valence electrons. The Balaban J connectivity index is 1.47. The summed E-state index contributed by atoms with van der Waals surface area (Å²) in [7, 11) is 1.62. The SMILES string of the molecule is COc1cc(-c2ccc(C(=O)N3CCC4(CC3)COC(C)C4)cc2)c(N)nc1C. The second-order valence-electron chi connectivity index (χ2n) is 8.40. The topological polar surface area (TPSA) is 77.7 Å². The van der Waals surface area contributed by atoms with Crippen LogP contribution in [0.5, 0.6) is 5.75 Å². The van der Waals surface area contributed by atoms with Crippen molar-refractivity contribution in [1.82, 2.24) is 9.88 Å². The number of nitrogens with zero attached hydrogens (tertiary/aromatic N) is 2. The Bertz CT molecular complexity index is 902. The van der Waals surface area contributed by atoms with Crippen LogP contribution in [0.1, 0.15) is 42.2 Å². The number of rotatable bonds is 3. The molecule has 2 saturated heterocycles. The molecule has 1 spiro atoms. The number of aromatic nitrogens is 1. The highest BCUT2D eigenvalue weighted by Crippen LogP contribution is 2.42. The lowest BCUT2D eigenvalue weighted by Crippen LogP contribution is -2.43. The summed E-state index contributed by atoms with van der Waals surface area (Å²) in [5.74, 6) is 1.24. The maximum absolute atomic E-state index is 13.0. The number of likely N-dealkylation sites (tertiary alicyclic amines) is 1. The van der Waals surface area contributed by atoms with Crippen LogP contribution in [-0.2, 0) is 4.74 Å². The molecule has 3 heterocycles. The first kappa shape index (κ1) is 19.7. The number of aryl methyl sites for hydroxylation is 1. The highest BCUT2D eigenvalue weighted by atomic mass is 16.5. The largest absolute Gasteiger partial charge is 0.495 e. The number of pyridine rings is 1. The standard InChI is InChI=1S/C23H29N3O3/c1-15-13-23(14-29-15)8-10-26(11-9-23)22(27)18-6-4-17(5-7-18)19-12-20(28-3)16(2)25-21(19)24/h4-7,12,15H,8-11,13-14H2,1-3H3,(H2,24,25). The summed E-state index contributed by atoms with van der Waals surface area (Å²) in [5, 5.41) is 0. The first-order valence-corrected chi connectivity index (χ1v) is 10.2. The highest BCUT2D eigenvalue weighted by Gasteiger charge is 2.41. The first-order chi connectivity index (χ1) is 13.9. The lowest BCUT2D eigenvalue weighted by molar-refractivity contribution is 0.0507. The molecule has 1 aromatic carbocycles. The number of carbonyl (C=O) groups excluding carboxylic acids is 1. The average Bonchev–Trinajstić information content (AvgIpc) is 3.08. The number of hydrogen-bond acceptors (Lipinski definition) is 5. The van der Waals surface area contributed by atoms with Gasteiger partial charge in [0, 0.05) is 24.2 Å². The van der Waals surface area contributed by atoms with Crippen LogP contribution in [0.15, 0.2) is 30.3 Å². The fourth-order valence-corrected chi connectivity index (χ4v) is 4.60. The highest BCUT2D eigenvalue weighted by molar-refractivity contribution is 5.95. The summed E-state index contributed by atoms with van der Waals surface area (Å²) >= 11 is 0. The third-order valence-electron chi connectivity index (χ3n) is 6.36. The van der Waals surface area contributed by atoms with Crippen LogP contribution in [0, 0.1) is 12.3 Å². The second-order valence-corrected chi connectivity index (χ2v) is 8.40. The minimum Gasteiger partial charge on any atom is -0.495 e. The van der Waals surface area contributed by atoms with Crippen LogP contribution in [-0.4, -0.2) is 48.7 Å². The third-order valence-corrected chi connectivity index (χ3v) is 6.36. The number of nitrogens with two attached hydrogens (primary N) is 1. The number of anilines is 1. The molecule has 1 aromatic heterocycles. The Labute approximate surface area is 172 Å². The van der Waals surface area contributed by atoms with Crippen molar-refractivity contribution >= 4 is 11.7 Å². The van der Waals surface area contributed by atoms with Gasteiger partial charge in [-0.15, -0.1) is 0 Å². The number of carbonyl (C=O) groups is 1. The van der Waals surface area contributed by atoms with Crippen molar-refractivity contribution in [3.05, 3.63) is 41.6 Å². The molecule has 1 atom stereocenters. The zero-order valence-corrected chi connectivity index (χ0v) is 17.4. The molecule has 1 amide bonds. The normalized spacial score (nSPS) is 20.8.